The summed E-state index contributed by atoms with van der Waals surface area (Å²) in [5, 5.41) is 2.00. The summed E-state index contributed by atoms with van der Waals surface area (Å²) in [6, 6.07) is 39.1. The second kappa shape index (κ2) is 13.1. The van der Waals surface area contributed by atoms with Crippen molar-refractivity contribution in [2.24, 2.45) is 0 Å². The van der Waals surface area contributed by atoms with Gasteiger partial charge < -0.3 is 9.40 Å². The molecule has 0 unspecified atom stereocenters. The number of halogens is 1. The van der Waals surface area contributed by atoms with Gasteiger partial charge in [-0.05, 0) is 48.2 Å². The van der Waals surface area contributed by atoms with Crippen LogP contribution < -0.4 is 0 Å². The van der Waals surface area contributed by atoms with Gasteiger partial charge in [0.05, 0.1) is 0 Å². The number of rotatable bonds is 4. The third-order valence-corrected chi connectivity index (χ3v) is 6.39. The van der Waals surface area contributed by atoms with E-state index in [1.807, 2.05) is 36.4 Å². The Hall–Kier alpha value is -4.37. The van der Waals surface area contributed by atoms with Crippen molar-refractivity contribution in [3.05, 3.63) is 162 Å². The van der Waals surface area contributed by atoms with Gasteiger partial charge in [0.2, 0.25) is 0 Å². The Bertz CT molecular complexity index is 2170. The first-order valence-electron chi connectivity index (χ1n) is 16.8. The van der Waals surface area contributed by atoms with Gasteiger partial charge >= 0.3 is 20.1 Å². The average molecular weight is 733 g/mol. The Morgan fingerprint density at radius 1 is 0.786 bits per heavy atom. The van der Waals surface area contributed by atoms with Gasteiger partial charge in [0.15, 0.2) is 0 Å². The van der Waals surface area contributed by atoms with Gasteiger partial charge in [-0.3, -0.25) is 0 Å². The molecular weight excluding hydrogens is 698 g/mol. The van der Waals surface area contributed by atoms with E-state index in [4.69, 9.17) is 15.4 Å². The topological polar surface area (TPSA) is 26.0 Å². The van der Waals surface area contributed by atoms with Crippen molar-refractivity contribution in [1.82, 2.24) is 4.98 Å². The molecule has 0 aliphatic rings. The molecule has 7 aromatic rings. The van der Waals surface area contributed by atoms with Crippen LogP contribution in [0.2, 0.25) is 0 Å². The van der Waals surface area contributed by atoms with Gasteiger partial charge in [-0.15, -0.1) is 53.1 Å². The Kier molecular flexibility index (Phi) is 6.38. The largest absolute Gasteiger partial charge is 3.00 e. The molecule has 2 nitrogen and oxygen atoms in total. The van der Waals surface area contributed by atoms with Crippen LogP contribution in [0.25, 0.3) is 44.3 Å². The van der Waals surface area contributed by atoms with Crippen LogP contribution in [0.1, 0.15) is 33.2 Å². The van der Waals surface area contributed by atoms with Crippen molar-refractivity contribution >= 4 is 21.9 Å². The molecule has 0 fully saturated rings. The average Bonchev–Trinajstić information content (AvgIpc) is 3.47. The van der Waals surface area contributed by atoms with Crippen molar-refractivity contribution < 1.29 is 39.9 Å². The van der Waals surface area contributed by atoms with Gasteiger partial charge in [-0.25, -0.2) is 9.95 Å². The number of fused-ring (bicyclic) bond motifs is 3. The summed E-state index contributed by atoms with van der Waals surface area (Å²) >= 11 is 0. The van der Waals surface area contributed by atoms with E-state index >= 15 is 0 Å². The van der Waals surface area contributed by atoms with Crippen molar-refractivity contribution in [2.75, 3.05) is 0 Å². The molecule has 0 aliphatic heterocycles. The number of benzene rings is 5. The van der Waals surface area contributed by atoms with Crippen LogP contribution >= 0.6 is 0 Å². The number of hydrogen-bond donors (Lipinski definition) is 0. The molecule has 0 saturated heterocycles. The van der Waals surface area contributed by atoms with Gasteiger partial charge in [-0.2, -0.15) is 35.9 Å². The van der Waals surface area contributed by atoms with Gasteiger partial charge in [-0.1, -0.05) is 54.7 Å². The van der Waals surface area contributed by atoms with Gasteiger partial charge in [0.25, 0.3) is 0 Å². The quantitative estimate of drug-likeness (QED) is 0.169. The molecule has 0 saturated carbocycles. The van der Waals surface area contributed by atoms with Crippen LogP contribution in [0.3, 0.4) is 0 Å². The van der Waals surface area contributed by atoms with Gasteiger partial charge in [0, 0.05) is 28.1 Å². The fourth-order valence-electron chi connectivity index (χ4n) is 4.42. The Morgan fingerprint density at radius 3 is 2.36 bits per heavy atom. The molecule has 2 heterocycles. The van der Waals surface area contributed by atoms with E-state index in [1.54, 1.807) is 30.3 Å². The molecule has 0 atom stereocenters. The predicted octanol–water partition coefficient (Wildman–Crippen LogP) is 9.75. The van der Waals surface area contributed by atoms with Crippen molar-refractivity contribution in [3.8, 4) is 22.4 Å². The summed E-state index contributed by atoms with van der Waals surface area (Å²) in [4.78, 5) is 4.08. The fraction of sp³-hybridized carbons (Fsp3) is 0.0789. The van der Waals surface area contributed by atoms with E-state index in [0.29, 0.717) is 33.5 Å². The zero-order valence-corrected chi connectivity index (χ0v) is 24.4. The molecule has 4 heteroatoms. The molecule has 206 valence electrons. The standard InChI is InChI=1S/C25H15FO.C13H12N.Ir/c26-20-13-11-17(12-14-20)15-18-5-3-6-19(16-18)21-8-4-9-23-22-7-1-2-10-24(22)27-25(21)23;1-10-3-6-12(7-4-10)13-8-5-11(2)9-14-13;/h1-5,7,9-14,16H,15H2;3-6,8-9H,1-2H3;/q-2;-1;+3/i15D2;1D3,2D3;. The number of aromatic nitrogens is 1. The number of pyridine rings is 1. The fourth-order valence-corrected chi connectivity index (χ4v) is 4.42. The maximum atomic E-state index is 13.3. The molecule has 5 aromatic carbocycles. The Balaban J connectivity index is 0.000000204. The molecule has 0 N–H and O–H groups in total. The van der Waals surface area contributed by atoms with Crippen LogP contribution in [0.4, 0.5) is 4.39 Å². The Morgan fingerprint density at radius 2 is 1.60 bits per heavy atom. The predicted molar refractivity (Wildman–Crippen MR) is 164 cm³/mol. The van der Waals surface area contributed by atoms with E-state index in [9.17, 15) is 4.39 Å². The minimum Gasteiger partial charge on any atom is -0.510 e. The summed E-state index contributed by atoms with van der Waals surface area (Å²) in [6.45, 7) is -4.34. The van der Waals surface area contributed by atoms with E-state index in [0.717, 1.165) is 21.9 Å². The maximum Gasteiger partial charge on any atom is 3.00 e. The van der Waals surface area contributed by atoms with Gasteiger partial charge in [0.1, 0.15) is 11.4 Å². The molecule has 0 radical (unpaired) electrons. The molecule has 0 amide bonds. The third kappa shape index (κ3) is 6.57. The van der Waals surface area contributed by atoms with E-state index in [1.165, 1.54) is 48.7 Å². The summed E-state index contributed by atoms with van der Waals surface area (Å²) < 4.78 is 80.1. The van der Waals surface area contributed by atoms with E-state index in [2.05, 4.69) is 23.2 Å². The maximum absolute atomic E-state index is 13.3. The number of hydrogen-bond acceptors (Lipinski definition) is 2. The number of para-hydroxylation sites is 1. The number of nitrogens with zero attached hydrogens (tertiary/aromatic N) is 1. The minimum atomic E-state index is -2.18. The van der Waals surface area contributed by atoms with Crippen molar-refractivity contribution in [2.45, 2.75) is 20.1 Å². The summed E-state index contributed by atoms with van der Waals surface area (Å²) in [6.07, 6.45) is -0.479. The van der Waals surface area contributed by atoms with Crippen LogP contribution in [0.5, 0.6) is 0 Å². The first-order chi connectivity index (χ1) is 23.2. The van der Waals surface area contributed by atoms with E-state index in [-0.39, 0.29) is 31.2 Å². The van der Waals surface area contributed by atoms with Crippen molar-refractivity contribution in [1.29, 1.82) is 0 Å². The second-order valence-corrected chi connectivity index (χ2v) is 9.24. The second-order valence-electron chi connectivity index (χ2n) is 9.24. The summed E-state index contributed by atoms with van der Waals surface area (Å²) in [5.74, 6) is -0.391. The van der Waals surface area contributed by atoms with Crippen LogP contribution in [-0.2, 0) is 26.5 Å². The van der Waals surface area contributed by atoms with Crippen LogP contribution in [0, 0.1) is 37.7 Å². The number of furan rings is 1. The molecule has 0 aliphatic carbocycles. The van der Waals surface area contributed by atoms with Crippen LogP contribution in [-0.4, -0.2) is 4.98 Å². The summed E-state index contributed by atoms with van der Waals surface area (Å²) in [7, 11) is 0. The molecule has 42 heavy (non-hydrogen) atoms. The first kappa shape index (κ1) is 20.5. The van der Waals surface area contributed by atoms with Crippen molar-refractivity contribution in [3.63, 3.8) is 0 Å². The van der Waals surface area contributed by atoms with E-state index < -0.39 is 25.9 Å². The third-order valence-electron chi connectivity index (χ3n) is 6.39. The molecule has 2 aromatic heterocycles. The zero-order valence-electron chi connectivity index (χ0n) is 30.0. The number of aryl methyl sites for hydroxylation is 2. The van der Waals surface area contributed by atoms with Crippen LogP contribution in [0.15, 0.2) is 120 Å². The smallest absolute Gasteiger partial charge is 0.510 e. The first-order valence-corrected chi connectivity index (χ1v) is 12.8. The molecular formula is C38H27FIrNO. The monoisotopic (exact) mass is 733 g/mol. The SMILES string of the molecule is [2H]C([2H])([2H])c1c[c-]c(-c2ccc(C([2H])([2H])[2H])cn2)cc1.[2H]C([2H])(c1ccc(F)cc1)c1cc[c-]c(-c2[c-]ccc3c2oc2ccccc23)c1.[Ir+3]. The molecule has 7 rings (SSSR count). The normalized spacial score (nSPS) is 14.4. The summed E-state index contributed by atoms with van der Waals surface area (Å²) in [5.41, 5.74) is 5.31. The molecule has 0 bridgehead atoms. The zero-order chi connectivity index (χ0) is 35.0. The molecule has 0 spiro atoms. The Labute approximate surface area is 270 Å². The minimum absolute atomic E-state index is 0.